The Labute approximate surface area is 399 Å². The summed E-state index contributed by atoms with van der Waals surface area (Å²) >= 11 is 6.35. The van der Waals surface area contributed by atoms with Crippen molar-refractivity contribution in [2.45, 2.75) is 174 Å². The van der Waals surface area contributed by atoms with E-state index >= 15 is 0 Å². The number of carbonyl (C=O) groups is 1. The number of hydrogen-bond acceptors (Lipinski definition) is 8. The van der Waals surface area contributed by atoms with E-state index in [0.29, 0.717) is 5.56 Å². The molecule has 2 aromatic rings. The van der Waals surface area contributed by atoms with E-state index in [2.05, 4.69) is 118 Å². The predicted octanol–water partition coefficient (Wildman–Crippen LogP) is 15.3. The van der Waals surface area contributed by atoms with Gasteiger partial charge in [0.2, 0.25) is 0 Å². The van der Waals surface area contributed by atoms with Gasteiger partial charge >= 0.3 is 0 Å². The fourth-order valence-corrected chi connectivity index (χ4v) is 35.0. The number of carbonyl (C=O) groups excluding carboxylic acids is 1. The molecular weight excluding hydrogens is 905 g/mol. The molecule has 3 atom stereocenters. The van der Waals surface area contributed by atoms with E-state index in [4.69, 9.17) is 13.0 Å². The molecule has 2 rings (SSSR count). The third kappa shape index (κ3) is 32.1. The van der Waals surface area contributed by atoms with E-state index in [1.54, 1.807) is 14.0 Å². The van der Waals surface area contributed by atoms with E-state index in [1.807, 2.05) is 73.7 Å². The van der Waals surface area contributed by atoms with Crippen molar-refractivity contribution in [2.75, 3.05) is 24.4 Å². The van der Waals surface area contributed by atoms with Gasteiger partial charge in [-0.05, 0) is 144 Å². The first kappa shape index (κ1) is 63.4. The highest BCUT2D eigenvalue weighted by Crippen LogP contribution is 2.30. The van der Waals surface area contributed by atoms with Crippen LogP contribution in [0, 0.1) is 11.8 Å². The maximum absolute atomic E-state index is 12.6. The standard InChI is InChI=1S/C16H38O2SSi3.C16H16O2.C10H26O2SSi3.C6H12/c1-8-20(17)15-22(7,18-21(4,5)6)14-10-13-19-12-9-11-16(2)3;1-16(18-2,14-11-7-4-8-12-14)15(17)13-9-5-3-6-10-13;1-6-14(11)10-16(5,9-7-8-13)12-15(2,3)4;1-4-5-6(2)3/h16H,8-15H2,1-7H3;3-12H,1-2H3;13H,6-10H2,1-5H3;4,6H,1,5H2,2-3H3. The van der Waals surface area contributed by atoms with Crippen LogP contribution < -0.4 is 0 Å². The number of allylic oxidation sites excluding steroid dienone is 1. The van der Waals surface area contributed by atoms with Crippen LogP contribution in [0.15, 0.2) is 73.3 Å². The summed E-state index contributed by atoms with van der Waals surface area (Å²) in [6, 6.07) is 22.7. The number of hydrogen-bond donors (Lipinski definition) is 1. The smallest absolute Gasteiger partial charge is 0.275 e. The molecule has 6 nitrogen and oxygen atoms in total. The van der Waals surface area contributed by atoms with Gasteiger partial charge in [-0.3, -0.25) is 4.79 Å². The lowest BCUT2D eigenvalue weighted by Gasteiger charge is -2.34. The average Bonchev–Trinajstić information content (AvgIpc) is 3.18. The first-order chi connectivity index (χ1) is 28.8. The highest BCUT2D eigenvalue weighted by molar-refractivity contribution is 7.99. The zero-order valence-electron chi connectivity index (χ0n) is 42.4. The van der Waals surface area contributed by atoms with Gasteiger partial charge in [0.05, 0.1) is 0 Å². The molecule has 0 radical (unpaired) electrons. The minimum absolute atomic E-state index is 0.0307. The van der Waals surface area contributed by atoms with Crippen LogP contribution in [0.3, 0.4) is 0 Å². The van der Waals surface area contributed by atoms with Crippen molar-refractivity contribution in [1.82, 2.24) is 0 Å². The molecule has 0 saturated heterocycles. The summed E-state index contributed by atoms with van der Waals surface area (Å²) < 4.78 is 42.3. The monoisotopic (exact) mass is 996 g/mol. The van der Waals surface area contributed by atoms with Crippen LogP contribution in [0.1, 0.15) is 96.5 Å². The van der Waals surface area contributed by atoms with Crippen LogP contribution in [0.4, 0.5) is 0 Å². The zero-order chi connectivity index (χ0) is 48.0. The summed E-state index contributed by atoms with van der Waals surface area (Å²) in [5.74, 6) is 5.01. The number of thiol groups is 1. The van der Waals surface area contributed by atoms with Gasteiger partial charge in [-0.1, -0.05) is 115 Å². The minimum Gasteiger partial charge on any atom is -0.455 e. The number of ketones is 1. The Morgan fingerprint density at radius 2 is 1.18 bits per heavy atom. The number of methoxy groups -OCH3 is 1. The molecule has 0 aromatic heterocycles. The summed E-state index contributed by atoms with van der Waals surface area (Å²) in [6.45, 7) is 36.5. The zero-order valence-corrected chi connectivity index (χ0v) is 50.1. The summed E-state index contributed by atoms with van der Waals surface area (Å²) in [4.78, 5) is 12.6. The van der Waals surface area contributed by atoms with Crippen LogP contribution in [-0.2, 0) is 27.5 Å². The van der Waals surface area contributed by atoms with E-state index in [-0.39, 0.29) is 5.78 Å². The van der Waals surface area contributed by atoms with Crippen LogP contribution in [-0.4, -0.2) is 80.8 Å². The third-order valence-electron chi connectivity index (χ3n) is 9.80. The Hall–Kier alpha value is -0.669. The first-order valence-electron chi connectivity index (χ1n) is 23.2. The van der Waals surface area contributed by atoms with Crippen molar-refractivity contribution in [3.63, 3.8) is 0 Å². The maximum Gasteiger partial charge on any atom is 0.275 e. The lowest BCUT2D eigenvalue weighted by molar-refractivity contribution is 0.0101. The normalized spacial score (nSPS) is 14.4. The fraction of sp³-hybridized carbons (Fsp3) is 0.688. The lowest BCUT2D eigenvalue weighted by Crippen LogP contribution is -2.46. The SMILES string of the molecule is C=CCC(C)C.CC[Si](=O)C[Si](C)(CCCS)O[Si](C)(C)C.CC[Si](=O)C[Si](C)(CCCSCCCC(C)C)O[Si](C)(C)C.COC(C)(C(=O)c1ccccc1)c1ccccc1. The highest BCUT2D eigenvalue weighted by atomic mass is 32.2. The van der Waals surface area contributed by atoms with Crippen molar-refractivity contribution < 1.29 is 26.7 Å². The molecule has 2 aromatic carbocycles. The highest BCUT2D eigenvalue weighted by Gasteiger charge is 2.38. The van der Waals surface area contributed by atoms with Crippen molar-refractivity contribution in [3.8, 4) is 0 Å². The summed E-state index contributed by atoms with van der Waals surface area (Å²) in [5.41, 5.74) is 2.35. The molecule has 356 valence electrons. The van der Waals surface area contributed by atoms with Gasteiger partial charge in [-0.15, -0.1) is 6.58 Å². The second-order valence-electron chi connectivity index (χ2n) is 19.8. The second kappa shape index (κ2) is 33.7. The summed E-state index contributed by atoms with van der Waals surface area (Å²) in [7, 11) is -7.81. The van der Waals surface area contributed by atoms with E-state index < -0.39 is 56.2 Å². The molecule has 14 heteroatoms. The van der Waals surface area contributed by atoms with Crippen LogP contribution in [0.5, 0.6) is 0 Å². The van der Waals surface area contributed by atoms with Crippen molar-refractivity contribution >= 4 is 80.8 Å². The summed E-state index contributed by atoms with van der Waals surface area (Å²) in [6.07, 6.45) is 8.10. The topological polar surface area (TPSA) is 78.9 Å². The maximum atomic E-state index is 12.6. The van der Waals surface area contributed by atoms with E-state index in [1.165, 1.54) is 36.8 Å². The molecule has 0 aliphatic carbocycles. The van der Waals surface area contributed by atoms with Gasteiger partial charge in [-0.25, -0.2) is 0 Å². The van der Waals surface area contributed by atoms with Gasteiger partial charge in [0, 0.05) is 24.0 Å². The van der Waals surface area contributed by atoms with Crippen molar-refractivity contribution in [1.29, 1.82) is 0 Å². The number of benzene rings is 2. The van der Waals surface area contributed by atoms with Crippen molar-refractivity contribution in [3.05, 3.63) is 84.4 Å². The van der Waals surface area contributed by atoms with Crippen molar-refractivity contribution in [2.24, 2.45) is 11.8 Å². The molecule has 0 aliphatic heterocycles. The van der Waals surface area contributed by atoms with E-state index in [9.17, 15) is 13.7 Å². The Kier molecular flexibility index (Phi) is 34.5. The number of rotatable bonds is 27. The molecule has 0 N–H and O–H groups in total. The molecule has 0 aliphatic rings. The van der Waals surface area contributed by atoms with Gasteiger partial charge in [0.25, 0.3) is 17.4 Å². The number of ether oxygens (including phenoxy) is 1. The molecule has 0 fully saturated rings. The lowest BCUT2D eigenvalue weighted by atomic mass is 9.87. The van der Waals surface area contributed by atoms with Gasteiger partial charge in [0.1, 0.15) is 0 Å². The van der Waals surface area contributed by atoms with Crippen LogP contribution in [0.25, 0.3) is 0 Å². The Balaban J connectivity index is 0. The quantitative estimate of drug-likeness (QED) is 0.0314. The molecule has 0 saturated carbocycles. The largest absolute Gasteiger partial charge is 0.455 e. The minimum atomic E-state index is -1.77. The number of Topliss-reactive ketones (excluding diaryl/α,β-unsaturated/α-hetero) is 1. The van der Waals surface area contributed by atoms with Crippen LogP contribution in [0.2, 0.25) is 87.9 Å². The molecule has 0 bridgehead atoms. The Bertz CT molecular complexity index is 1510. The molecule has 0 spiro atoms. The van der Waals surface area contributed by atoms with Crippen LogP contribution >= 0.6 is 24.4 Å². The third-order valence-corrected chi connectivity index (χ3v) is 33.7. The average molecular weight is 998 g/mol. The van der Waals surface area contributed by atoms with Gasteiger partial charge in [-0.2, -0.15) is 24.4 Å². The molecule has 0 amide bonds. The Morgan fingerprint density at radius 3 is 1.53 bits per heavy atom. The molecule has 3 unspecified atom stereocenters. The first-order valence-corrected chi connectivity index (χ1v) is 41.1. The number of thioether (sulfide) groups is 1. The molecule has 62 heavy (non-hydrogen) atoms. The fourth-order valence-electron chi connectivity index (χ4n) is 6.91. The predicted molar refractivity (Wildman–Crippen MR) is 291 cm³/mol. The molecule has 0 heterocycles. The van der Waals surface area contributed by atoms with Gasteiger partial charge in [0.15, 0.2) is 44.7 Å². The van der Waals surface area contributed by atoms with Gasteiger partial charge < -0.3 is 21.9 Å². The van der Waals surface area contributed by atoms with E-state index in [0.717, 1.165) is 65.5 Å². The molecular formula is C48H92O6S2Si6. The Morgan fingerprint density at radius 1 is 0.742 bits per heavy atom. The summed E-state index contributed by atoms with van der Waals surface area (Å²) in [5, 5.41) is 0. The second-order valence-corrected chi connectivity index (χ2v) is 44.7.